The lowest BCUT2D eigenvalue weighted by Crippen LogP contribution is -2.36. The van der Waals surface area contributed by atoms with E-state index in [1.165, 1.54) is 0 Å². The number of carbonyl (C=O) groups is 2. The molecule has 7 heteroatoms. The number of urea groups is 1. The molecule has 0 atom stereocenters. The van der Waals surface area contributed by atoms with Gasteiger partial charge in [0.15, 0.2) is 0 Å². The third-order valence-electron chi connectivity index (χ3n) is 4.80. The SMILES string of the molecule is O=C(NCCCCCCNC(=O)N1Cc2cccc(Cl)c2C1)c1cccnc1. The quantitative estimate of drug-likeness (QED) is 0.662. The Labute approximate surface area is 170 Å². The molecule has 1 aliphatic rings. The van der Waals surface area contributed by atoms with Gasteiger partial charge in [0.1, 0.15) is 0 Å². The summed E-state index contributed by atoms with van der Waals surface area (Å²) in [6.45, 7) is 2.48. The van der Waals surface area contributed by atoms with Gasteiger partial charge < -0.3 is 15.5 Å². The Hall–Kier alpha value is -2.60. The summed E-state index contributed by atoms with van der Waals surface area (Å²) < 4.78 is 0. The maximum Gasteiger partial charge on any atom is 0.318 e. The second-order valence-electron chi connectivity index (χ2n) is 6.88. The van der Waals surface area contributed by atoms with E-state index in [0.717, 1.165) is 41.8 Å². The van der Waals surface area contributed by atoms with Gasteiger partial charge in [-0.2, -0.15) is 0 Å². The molecule has 0 aliphatic carbocycles. The molecule has 0 saturated heterocycles. The summed E-state index contributed by atoms with van der Waals surface area (Å²) >= 11 is 6.19. The fraction of sp³-hybridized carbons (Fsp3) is 0.381. The van der Waals surface area contributed by atoms with Gasteiger partial charge in [0.25, 0.3) is 5.91 Å². The van der Waals surface area contributed by atoms with E-state index in [4.69, 9.17) is 11.6 Å². The van der Waals surface area contributed by atoms with Crippen molar-refractivity contribution in [1.29, 1.82) is 0 Å². The minimum absolute atomic E-state index is 0.0454. The molecule has 1 aromatic carbocycles. The largest absolute Gasteiger partial charge is 0.352 e. The van der Waals surface area contributed by atoms with Crippen LogP contribution in [0.4, 0.5) is 4.79 Å². The summed E-state index contributed by atoms with van der Waals surface area (Å²) in [5, 5.41) is 6.59. The zero-order valence-corrected chi connectivity index (χ0v) is 16.5. The van der Waals surface area contributed by atoms with E-state index in [1.807, 2.05) is 18.2 Å². The van der Waals surface area contributed by atoms with Gasteiger partial charge in [-0.3, -0.25) is 9.78 Å². The lowest BCUT2D eigenvalue weighted by atomic mass is 10.1. The molecule has 2 heterocycles. The molecular weight excluding hydrogens is 376 g/mol. The lowest BCUT2D eigenvalue weighted by molar-refractivity contribution is 0.0952. The minimum atomic E-state index is -0.0907. The fourth-order valence-electron chi connectivity index (χ4n) is 3.24. The van der Waals surface area contributed by atoms with Crippen molar-refractivity contribution >= 4 is 23.5 Å². The van der Waals surface area contributed by atoms with Crippen molar-refractivity contribution in [3.05, 3.63) is 64.4 Å². The Morgan fingerprint density at radius 2 is 1.79 bits per heavy atom. The molecule has 1 aromatic heterocycles. The Morgan fingerprint density at radius 3 is 2.50 bits per heavy atom. The number of halogens is 1. The molecule has 6 nitrogen and oxygen atoms in total. The molecule has 3 rings (SSSR count). The van der Waals surface area contributed by atoms with Crippen LogP contribution in [0.1, 0.15) is 47.2 Å². The fourth-order valence-corrected chi connectivity index (χ4v) is 3.49. The van der Waals surface area contributed by atoms with Gasteiger partial charge in [-0.05, 0) is 42.2 Å². The smallest absolute Gasteiger partial charge is 0.318 e. The monoisotopic (exact) mass is 400 g/mol. The van der Waals surface area contributed by atoms with Crippen LogP contribution in [0.25, 0.3) is 0 Å². The van der Waals surface area contributed by atoms with Crippen molar-refractivity contribution in [3.8, 4) is 0 Å². The van der Waals surface area contributed by atoms with Gasteiger partial charge in [0.05, 0.1) is 5.56 Å². The highest BCUT2D eigenvalue weighted by atomic mass is 35.5. The summed E-state index contributed by atoms with van der Waals surface area (Å²) in [6.07, 6.45) is 7.06. The standard InChI is InChI=1S/C21H25ClN4O2/c22-19-9-5-7-17-14-26(15-18(17)19)21(28)25-12-4-2-1-3-11-24-20(27)16-8-6-10-23-13-16/h5-10,13H,1-4,11-12,14-15H2,(H,24,27)(H,25,28). The molecule has 0 saturated carbocycles. The van der Waals surface area contributed by atoms with E-state index in [1.54, 1.807) is 29.4 Å². The molecule has 3 amide bonds. The number of benzene rings is 1. The Bertz CT molecular complexity index is 813. The number of nitrogens with one attached hydrogen (secondary N) is 2. The second kappa shape index (κ2) is 10.1. The number of hydrogen-bond acceptors (Lipinski definition) is 3. The number of hydrogen-bond donors (Lipinski definition) is 2. The van der Waals surface area contributed by atoms with Crippen molar-refractivity contribution in [2.45, 2.75) is 38.8 Å². The molecule has 2 aromatic rings. The van der Waals surface area contributed by atoms with Crippen LogP contribution in [0.2, 0.25) is 5.02 Å². The van der Waals surface area contributed by atoms with Crippen molar-refractivity contribution in [2.24, 2.45) is 0 Å². The maximum atomic E-state index is 12.3. The Kier molecular flexibility index (Phi) is 7.25. The van der Waals surface area contributed by atoms with E-state index in [0.29, 0.717) is 31.7 Å². The number of rotatable bonds is 8. The average molecular weight is 401 g/mol. The number of unbranched alkanes of at least 4 members (excludes halogenated alkanes) is 3. The first-order chi connectivity index (χ1) is 13.6. The Morgan fingerprint density at radius 1 is 1.00 bits per heavy atom. The van der Waals surface area contributed by atoms with Crippen LogP contribution in [-0.2, 0) is 13.1 Å². The van der Waals surface area contributed by atoms with Crippen molar-refractivity contribution in [1.82, 2.24) is 20.5 Å². The number of pyridine rings is 1. The molecule has 2 N–H and O–H groups in total. The molecule has 0 unspecified atom stereocenters. The number of amides is 3. The number of aromatic nitrogens is 1. The second-order valence-corrected chi connectivity index (χ2v) is 7.28. The minimum Gasteiger partial charge on any atom is -0.352 e. The van der Waals surface area contributed by atoms with Gasteiger partial charge in [-0.1, -0.05) is 36.6 Å². The van der Waals surface area contributed by atoms with E-state index in [2.05, 4.69) is 15.6 Å². The zero-order chi connectivity index (χ0) is 19.8. The number of fused-ring (bicyclic) bond motifs is 1. The summed E-state index contributed by atoms with van der Waals surface area (Å²) in [4.78, 5) is 29.9. The van der Waals surface area contributed by atoms with E-state index >= 15 is 0 Å². The van der Waals surface area contributed by atoms with Crippen LogP contribution >= 0.6 is 11.6 Å². The highest BCUT2D eigenvalue weighted by molar-refractivity contribution is 6.31. The number of nitrogens with zero attached hydrogens (tertiary/aromatic N) is 2. The lowest BCUT2D eigenvalue weighted by Gasteiger charge is -2.16. The summed E-state index contributed by atoms with van der Waals surface area (Å²) in [7, 11) is 0. The topological polar surface area (TPSA) is 74.3 Å². The summed E-state index contributed by atoms with van der Waals surface area (Å²) in [5.74, 6) is -0.0907. The van der Waals surface area contributed by atoms with E-state index in [9.17, 15) is 9.59 Å². The first-order valence-corrected chi connectivity index (χ1v) is 10.00. The molecule has 0 spiro atoms. The van der Waals surface area contributed by atoms with Crippen molar-refractivity contribution < 1.29 is 9.59 Å². The normalized spacial score (nSPS) is 12.5. The average Bonchev–Trinajstić information content (AvgIpc) is 3.16. The van der Waals surface area contributed by atoms with Gasteiger partial charge >= 0.3 is 6.03 Å². The van der Waals surface area contributed by atoms with E-state index in [-0.39, 0.29) is 11.9 Å². The van der Waals surface area contributed by atoms with Crippen LogP contribution in [0.15, 0.2) is 42.7 Å². The summed E-state index contributed by atoms with van der Waals surface area (Å²) in [5.41, 5.74) is 2.75. The van der Waals surface area contributed by atoms with Crippen LogP contribution in [0.5, 0.6) is 0 Å². The van der Waals surface area contributed by atoms with Crippen LogP contribution < -0.4 is 10.6 Å². The van der Waals surface area contributed by atoms with Crippen LogP contribution in [0.3, 0.4) is 0 Å². The Balaban J connectivity index is 1.23. The van der Waals surface area contributed by atoms with Crippen molar-refractivity contribution in [3.63, 3.8) is 0 Å². The predicted octanol–water partition coefficient (Wildman–Crippen LogP) is 3.75. The van der Waals surface area contributed by atoms with Gasteiger partial charge in [-0.25, -0.2) is 4.79 Å². The molecule has 0 radical (unpaired) electrons. The first-order valence-electron chi connectivity index (χ1n) is 9.62. The highest BCUT2D eigenvalue weighted by Crippen LogP contribution is 2.28. The molecule has 28 heavy (non-hydrogen) atoms. The molecule has 148 valence electrons. The molecule has 0 bridgehead atoms. The molecule has 0 fully saturated rings. The zero-order valence-electron chi connectivity index (χ0n) is 15.8. The van der Waals surface area contributed by atoms with Gasteiger partial charge in [0.2, 0.25) is 0 Å². The maximum absolute atomic E-state index is 12.3. The predicted molar refractivity (Wildman–Crippen MR) is 109 cm³/mol. The van der Waals surface area contributed by atoms with Crippen LogP contribution in [-0.4, -0.2) is 34.9 Å². The van der Waals surface area contributed by atoms with E-state index < -0.39 is 0 Å². The number of carbonyl (C=O) groups excluding carboxylic acids is 2. The first kappa shape index (κ1) is 20.1. The molecular formula is C21H25ClN4O2. The van der Waals surface area contributed by atoms with Crippen molar-refractivity contribution in [2.75, 3.05) is 13.1 Å². The summed E-state index contributed by atoms with van der Waals surface area (Å²) in [6, 6.07) is 9.25. The molecule has 1 aliphatic heterocycles. The third-order valence-corrected chi connectivity index (χ3v) is 5.16. The van der Waals surface area contributed by atoms with Gasteiger partial charge in [0, 0.05) is 43.6 Å². The highest BCUT2D eigenvalue weighted by Gasteiger charge is 2.24. The van der Waals surface area contributed by atoms with Gasteiger partial charge in [-0.15, -0.1) is 0 Å². The third kappa shape index (κ3) is 5.45. The van der Waals surface area contributed by atoms with Crippen LogP contribution in [0, 0.1) is 0 Å².